The molecule has 0 saturated heterocycles. The highest BCUT2D eigenvalue weighted by Gasteiger charge is 2.85. The Labute approximate surface area is 166 Å². The van der Waals surface area contributed by atoms with Gasteiger partial charge in [0.05, 0.1) is 23.7 Å². The zero-order valence-corrected chi connectivity index (χ0v) is 15.3. The van der Waals surface area contributed by atoms with E-state index in [2.05, 4.69) is 0 Å². The molecule has 8 nitrogen and oxygen atoms in total. The monoisotopic (exact) mass is 494 g/mol. The second kappa shape index (κ2) is 8.40. The van der Waals surface area contributed by atoms with E-state index in [9.17, 15) is 63.2 Å². The largest absolute Gasteiger partial charge is 0.460 e. The van der Waals surface area contributed by atoms with Gasteiger partial charge < -0.3 is 10.2 Å². The Balaban J connectivity index is 3.28. The summed E-state index contributed by atoms with van der Waals surface area (Å²) in [6.07, 6.45) is -9.63. The van der Waals surface area contributed by atoms with Crippen LogP contribution in [0, 0.1) is 10.1 Å². The van der Waals surface area contributed by atoms with Crippen LogP contribution in [0.4, 0.5) is 45.2 Å². The summed E-state index contributed by atoms with van der Waals surface area (Å²) in [4.78, 5) is 9.62. The van der Waals surface area contributed by atoms with Gasteiger partial charge in [-0.15, -0.1) is 0 Å². The normalized spacial score (nSPS) is 16.1. The fourth-order valence-electron chi connectivity index (χ4n) is 2.03. The average molecular weight is 494 g/mol. The minimum absolute atomic E-state index is 0.497. The highest BCUT2D eigenvalue weighted by atomic mass is 32.2. The van der Waals surface area contributed by atoms with Gasteiger partial charge in [-0.3, -0.25) is 10.1 Å². The minimum Gasteiger partial charge on any atom is -0.395 e. The van der Waals surface area contributed by atoms with Crippen molar-refractivity contribution in [2.75, 3.05) is 6.61 Å². The van der Waals surface area contributed by atoms with Gasteiger partial charge in [0, 0.05) is 12.1 Å². The summed E-state index contributed by atoms with van der Waals surface area (Å²) in [5.74, 6) is -15.0. The first-order chi connectivity index (χ1) is 13.7. The van der Waals surface area contributed by atoms with Crippen molar-refractivity contribution >= 4 is 15.7 Å². The van der Waals surface area contributed by atoms with Crippen LogP contribution in [0.1, 0.15) is 11.7 Å². The molecule has 0 aliphatic rings. The van der Waals surface area contributed by atoms with Crippen molar-refractivity contribution in [3.63, 3.8) is 0 Å². The lowest BCUT2D eigenvalue weighted by Gasteiger charge is -2.34. The lowest BCUT2D eigenvalue weighted by Crippen LogP contribution is -2.65. The Hall–Kier alpha value is -2.18. The summed E-state index contributed by atoms with van der Waals surface area (Å²) in [6, 6.07) is 0.393. The van der Waals surface area contributed by atoms with Gasteiger partial charge in [0.25, 0.3) is 15.7 Å². The zero-order valence-electron chi connectivity index (χ0n) is 14.5. The van der Waals surface area contributed by atoms with Gasteiger partial charge in [0.1, 0.15) is 0 Å². The van der Waals surface area contributed by atoms with Gasteiger partial charge in [-0.25, -0.2) is 13.1 Å². The molecule has 2 atom stereocenters. The Morgan fingerprint density at radius 3 is 1.77 bits per heavy atom. The molecular formula is C13H11F9N2O6S. The molecule has 0 aromatic heterocycles. The lowest BCUT2D eigenvalue weighted by molar-refractivity contribution is -0.384. The van der Waals surface area contributed by atoms with E-state index in [1.807, 2.05) is 0 Å². The number of nitro benzene ring substituents is 1. The van der Waals surface area contributed by atoms with Gasteiger partial charge in [0.15, 0.2) is 0 Å². The zero-order chi connectivity index (χ0) is 24.6. The number of aliphatic hydroxyl groups excluding tert-OH is 2. The molecule has 0 spiro atoms. The van der Waals surface area contributed by atoms with Crippen LogP contribution in [0.5, 0.6) is 0 Å². The van der Waals surface area contributed by atoms with Crippen LogP contribution in [0.2, 0.25) is 0 Å². The topological polar surface area (TPSA) is 130 Å². The highest BCUT2D eigenvalue weighted by molar-refractivity contribution is 7.90. The molecule has 0 bridgehead atoms. The average Bonchev–Trinajstić information content (AvgIpc) is 2.64. The first-order valence-corrected chi connectivity index (χ1v) is 8.98. The van der Waals surface area contributed by atoms with Gasteiger partial charge in [-0.1, -0.05) is 0 Å². The maximum absolute atomic E-state index is 13.7. The Bertz CT molecular complexity index is 905. The smallest absolute Gasteiger partial charge is 0.395 e. The molecule has 0 aliphatic carbocycles. The van der Waals surface area contributed by atoms with Gasteiger partial charge in [-0.05, 0) is 17.7 Å². The molecular weight excluding hydrogens is 483 g/mol. The van der Waals surface area contributed by atoms with Crippen LogP contribution >= 0.6 is 0 Å². The van der Waals surface area contributed by atoms with Crippen LogP contribution < -0.4 is 4.72 Å². The molecule has 1 aromatic carbocycles. The molecule has 0 fully saturated rings. The van der Waals surface area contributed by atoms with Crippen LogP contribution in [0.3, 0.4) is 0 Å². The Kier molecular flexibility index (Phi) is 7.27. The molecule has 0 saturated carbocycles. The van der Waals surface area contributed by atoms with E-state index < -0.39 is 68.2 Å². The van der Waals surface area contributed by atoms with Gasteiger partial charge in [-0.2, -0.15) is 39.5 Å². The fraction of sp³-hybridized carbons (Fsp3) is 0.538. The second-order valence-electron chi connectivity index (χ2n) is 5.87. The number of alkyl halides is 9. The standard InChI is InChI=1S/C13H11F9N2O6S/c14-10(15,12(18,19)20)11(16,17)13(21,22)31(29,30)23-8(5-25)9(26)6-1-3-7(4-2-6)24(27)28/h1-4,8-9,23,25-26H,5H2. The Morgan fingerprint density at radius 2 is 1.42 bits per heavy atom. The first kappa shape index (κ1) is 26.9. The van der Waals surface area contributed by atoms with Crippen LogP contribution in [0.15, 0.2) is 24.3 Å². The maximum Gasteiger partial charge on any atom is 0.460 e. The lowest BCUT2D eigenvalue weighted by atomic mass is 10.0. The van der Waals surface area contributed by atoms with Crippen molar-refractivity contribution in [1.29, 1.82) is 0 Å². The van der Waals surface area contributed by atoms with Crippen molar-refractivity contribution in [3.05, 3.63) is 39.9 Å². The molecule has 0 aliphatic heterocycles. The molecule has 31 heavy (non-hydrogen) atoms. The van der Waals surface area contributed by atoms with E-state index in [4.69, 9.17) is 5.11 Å². The summed E-state index contributed by atoms with van der Waals surface area (Å²) in [7, 11) is -7.09. The van der Waals surface area contributed by atoms with Crippen LogP contribution in [0.25, 0.3) is 0 Å². The van der Waals surface area contributed by atoms with E-state index >= 15 is 0 Å². The van der Waals surface area contributed by atoms with Gasteiger partial charge in [0.2, 0.25) is 0 Å². The number of sulfonamides is 1. The van der Waals surface area contributed by atoms with E-state index in [0.29, 0.717) is 4.72 Å². The number of rotatable bonds is 9. The molecule has 3 N–H and O–H groups in total. The predicted molar refractivity (Wildman–Crippen MR) is 81.9 cm³/mol. The molecule has 178 valence electrons. The van der Waals surface area contributed by atoms with Crippen molar-refractivity contribution in [2.24, 2.45) is 0 Å². The molecule has 0 heterocycles. The maximum atomic E-state index is 13.7. The number of hydrogen-bond acceptors (Lipinski definition) is 6. The predicted octanol–water partition coefficient (Wildman–Crippen LogP) is 2.33. The molecule has 18 heteroatoms. The third-order valence-electron chi connectivity index (χ3n) is 3.78. The summed E-state index contributed by atoms with van der Waals surface area (Å²) in [6.45, 7) is -1.63. The number of halogens is 9. The first-order valence-electron chi connectivity index (χ1n) is 7.50. The summed E-state index contributed by atoms with van der Waals surface area (Å²) in [5.41, 5.74) is -1.05. The van der Waals surface area contributed by atoms with Crippen molar-refractivity contribution in [2.45, 2.75) is 35.4 Å². The highest BCUT2D eigenvalue weighted by Crippen LogP contribution is 2.54. The molecule has 0 amide bonds. The fourth-order valence-corrected chi connectivity index (χ4v) is 3.25. The van der Waals surface area contributed by atoms with E-state index in [1.165, 1.54) is 0 Å². The quantitative estimate of drug-likeness (QED) is 0.275. The number of hydrogen-bond donors (Lipinski definition) is 3. The third kappa shape index (κ3) is 4.70. The van der Waals surface area contributed by atoms with E-state index in [0.717, 1.165) is 24.3 Å². The van der Waals surface area contributed by atoms with Crippen molar-refractivity contribution in [3.8, 4) is 0 Å². The second-order valence-corrected chi connectivity index (χ2v) is 7.62. The SMILES string of the molecule is O=[N+]([O-])c1ccc(C(O)C(CO)NS(=O)(=O)C(F)(F)C(F)(F)C(F)(F)C(F)(F)F)cc1. The number of nitrogens with zero attached hydrogens (tertiary/aromatic N) is 1. The Morgan fingerprint density at radius 1 is 0.968 bits per heavy atom. The van der Waals surface area contributed by atoms with E-state index in [1.54, 1.807) is 0 Å². The molecule has 0 radical (unpaired) electrons. The minimum atomic E-state index is -7.50. The van der Waals surface area contributed by atoms with Crippen LogP contribution in [-0.2, 0) is 10.0 Å². The summed E-state index contributed by atoms with van der Waals surface area (Å²) < 4.78 is 140. The number of benzene rings is 1. The van der Waals surface area contributed by atoms with Gasteiger partial charge >= 0.3 is 23.3 Å². The number of non-ortho nitro benzene ring substituents is 1. The van der Waals surface area contributed by atoms with Crippen molar-refractivity contribution < 1.29 is 63.1 Å². The summed E-state index contributed by atoms with van der Waals surface area (Å²) >= 11 is 0. The summed E-state index contributed by atoms with van der Waals surface area (Å²) in [5, 5.41) is 22.4. The van der Waals surface area contributed by atoms with E-state index in [-0.39, 0.29) is 0 Å². The number of nitro groups is 1. The number of aliphatic hydroxyl groups is 2. The molecule has 1 aromatic rings. The van der Waals surface area contributed by atoms with Crippen molar-refractivity contribution in [1.82, 2.24) is 4.72 Å². The molecule has 2 unspecified atom stereocenters. The number of nitrogens with one attached hydrogen (secondary N) is 1. The third-order valence-corrected chi connectivity index (χ3v) is 5.33. The van der Waals surface area contributed by atoms with Crippen LogP contribution in [-0.4, -0.2) is 59.5 Å². The molecule has 1 rings (SSSR count).